The van der Waals surface area contributed by atoms with Crippen LogP contribution in [0.2, 0.25) is 0 Å². The summed E-state index contributed by atoms with van der Waals surface area (Å²) in [4.78, 5) is 5.43. The maximum absolute atomic E-state index is 5.58. The Balaban J connectivity index is 2.32. The Morgan fingerprint density at radius 2 is 2.44 bits per heavy atom. The number of halogens is 1. The first-order valence-corrected chi connectivity index (χ1v) is 3.85. The van der Waals surface area contributed by atoms with Crippen molar-refractivity contribution in [2.24, 2.45) is 0 Å². The van der Waals surface area contributed by atoms with Crippen molar-refractivity contribution in [1.29, 1.82) is 0 Å². The molecule has 54 valence electrons. The number of nitrogens with zero attached hydrogens (tertiary/aromatic N) is 1. The summed E-state index contributed by atoms with van der Waals surface area (Å²) in [5, 5.41) is 0. The van der Waals surface area contributed by atoms with Crippen LogP contribution < -0.4 is 0 Å². The number of hydrogen-bond donors (Lipinski definition) is 0. The van der Waals surface area contributed by atoms with Gasteiger partial charge in [-0.15, -0.1) is 11.6 Å². The van der Waals surface area contributed by atoms with E-state index >= 15 is 0 Å². The molecule has 0 aromatic rings. The van der Waals surface area contributed by atoms with Gasteiger partial charge in [0.2, 0.25) is 0 Å². The summed E-state index contributed by atoms with van der Waals surface area (Å²) >= 11 is 5.58. The Hall–Kier alpha value is 0.210. The summed E-state index contributed by atoms with van der Waals surface area (Å²) in [6.45, 7) is 2.95. The third kappa shape index (κ3) is 1.81. The summed E-state index contributed by atoms with van der Waals surface area (Å²) in [6.07, 6.45) is 1.17. The van der Waals surface area contributed by atoms with E-state index < -0.39 is 0 Å². The third-order valence-electron chi connectivity index (χ3n) is 1.74. The maximum atomic E-state index is 5.58. The van der Waals surface area contributed by atoms with Gasteiger partial charge in [-0.25, -0.2) is 4.84 Å². The van der Waals surface area contributed by atoms with E-state index in [4.69, 9.17) is 16.4 Å². The van der Waals surface area contributed by atoms with Gasteiger partial charge < -0.3 is 0 Å². The van der Waals surface area contributed by atoms with E-state index in [-0.39, 0.29) is 0 Å². The fraction of sp³-hybridized carbons (Fsp3) is 1.00. The predicted octanol–water partition coefficient (Wildman–Crippen LogP) is 1.01. The summed E-state index contributed by atoms with van der Waals surface area (Å²) in [7, 11) is 2.08. The largest absolute Gasteiger partial charge is 0.203 e. The van der Waals surface area contributed by atoms with Crippen molar-refractivity contribution in [1.82, 2.24) is 0 Å². The molecule has 3 heteroatoms. The van der Waals surface area contributed by atoms with Crippen molar-refractivity contribution in [2.45, 2.75) is 6.42 Å². The van der Waals surface area contributed by atoms with Crippen LogP contribution in [0.5, 0.6) is 0 Å². The normalized spacial score (nSPS) is 35.3. The molecular formula is C6H13ClNO+. The lowest BCUT2D eigenvalue weighted by atomic mass is 10.4. The first-order chi connectivity index (χ1) is 4.27. The minimum absolute atomic E-state index is 0.691. The topological polar surface area (TPSA) is 9.23 Å². The molecule has 0 aliphatic carbocycles. The van der Waals surface area contributed by atoms with Gasteiger partial charge in [-0.2, -0.15) is 4.65 Å². The molecule has 0 N–H and O–H groups in total. The molecule has 0 aromatic carbocycles. The fourth-order valence-electron chi connectivity index (χ4n) is 1.10. The van der Waals surface area contributed by atoms with Gasteiger partial charge in [0.05, 0.1) is 12.9 Å². The monoisotopic (exact) mass is 150 g/mol. The van der Waals surface area contributed by atoms with Crippen molar-refractivity contribution < 1.29 is 9.48 Å². The Morgan fingerprint density at radius 3 is 2.89 bits per heavy atom. The van der Waals surface area contributed by atoms with E-state index in [0.29, 0.717) is 10.5 Å². The SMILES string of the molecule is C[N+]1(CCCl)CCCO1. The van der Waals surface area contributed by atoms with Gasteiger partial charge in [0.25, 0.3) is 0 Å². The van der Waals surface area contributed by atoms with E-state index in [9.17, 15) is 0 Å². The molecule has 2 nitrogen and oxygen atoms in total. The molecule has 0 spiro atoms. The van der Waals surface area contributed by atoms with Crippen LogP contribution in [-0.2, 0) is 4.84 Å². The number of quaternary nitrogens is 1. The standard InChI is InChI=1S/C6H13ClNO/c1-8(5-3-7)4-2-6-9-8/h2-6H2,1H3/q+1. The Morgan fingerprint density at radius 1 is 1.67 bits per heavy atom. The van der Waals surface area contributed by atoms with Crippen LogP contribution >= 0.6 is 11.6 Å². The van der Waals surface area contributed by atoms with Gasteiger partial charge in [-0.1, -0.05) is 0 Å². The number of rotatable bonds is 2. The Kier molecular flexibility index (Phi) is 2.33. The van der Waals surface area contributed by atoms with Crippen molar-refractivity contribution in [3.63, 3.8) is 0 Å². The lowest BCUT2D eigenvalue weighted by Gasteiger charge is -2.23. The maximum Gasteiger partial charge on any atom is 0.122 e. The quantitative estimate of drug-likeness (QED) is 0.422. The van der Waals surface area contributed by atoms with E-state index in [1.165, 1.54) is 6.42 Å². The van der Waals surface area contributed by atoms with E-state index in [1.807, 2.05) is 0 Å². The van der Waals surface area contributed by atoms with Gasteiger partial charge >= 0.3 is 0 Å². The zero-order chi connectivity index (χ0) is 6.74. The molecule has 1 aliphatic rings. The van der Waals surface area contributed by atoms with Gasteiger partial charge in [-0.3, -0.25) is 0 Å². The van der Waals surface area contributed by atoms with Crippen LogP contribution in [0, 0.1) is 0 Å². The molecule has 0 aromatic heterocycles. The molecule has 1 saturated heterocycles. The van der Waals surface area contributed by atoms with Crippen LogP contribution in [-0.4, -0.2) is 37.3 Å². The van der Waals surface area contributed by atoms with Crippen molar-refractivity contribution in [3.8, 4) is 0 Å². The summed E-state index contributed by atoms with van der Waals surface area (Å²) in [5.41, 5.74) is 0. The average molecular weight is 151 g/mol. The second-order valence-electron chi connectivity index (χ2n) is 2.62. The van der Waals surface area contributed by atoms with Crippen LogP contribution in [0.1, 0.15) is 6.42 Å². The minimum atomic E-state index is 0.691. The van der Waals surface area contributed by atoms with E-state index in [2.05, 4.69) is 7.05 Å². The summed E-state index contributed by atoms with van der Waals surface area (Å²) in [5.74, 6) is 0.691. The average Bonchev–Trinajstić information content (AvgIpc) is 2.16. The molecule has 1 unspecified atom stereocenters. The highest BCUT2D eigenvalue weighted by atomic mass is 35.5. The molecule has 1 atom stereocenters. The van der Waals surface area contributed by atoms with E-state index in [1.54, 1.807) is 0 Å². The fourth-order valence-corrected chi connectivity index (χ4v) is 1.46. The first kappa shape index (κ1) is 7.32. The number of hydrogen-bond acceptors (Lipinski definition) is 1. The summed E-state index contributed by atoms with van der Waals surface area (Å²) in [6, 6.07) is 0. The minimum Gasteiger partial charge on any atom is -0.203 e. The van der Waals surface area contributed by atoms with Crippen LogP contribution in [0.3, 0.4) is 0 Å². The molecule has 0 saturated carbocycles. The van der Waals surface area contributed by atoms with Gasteiger partial charge in [0, 0.05) is 6.42 Å². The lowest BCUT2D eigenvalue weighted by molar-refractivity contribution is -1.07. The molecule has 0 radical (unpaired) electrons. The first-order valence-electron chi connectivity index (χ1n) is 3.32. The van der Waals surface area contributed by atoms with Crippen molar-refractivity contribution in [3.05, 3.63) is 0 Å². The molecule has 1 heterocycles. The lowest BCUT2D eigenvalue weighted by Crippen LogP contribution is -2.41. The molecule has 0 bridgehead atoms. The smallest absolute Gasteiger partial charge is 0.122 e. The van der Waals surface area contributed by atoms with Crippen LogP contribution in [0.25, 0.3) is 0 Å². The Labute approximate surface area is 60.9 Å². The molecule has 9 heavy (non-hydrogen) atoms. The van der Waals surface area contributed by atoms with Crippen LogP contribution in [0.4, 0.5) is 0 Å². The zero-order valence-corrected chi connectivity index (χ0v) is 6.52. The molecule has 1 aliphatic heterocycles. The van der Waals surface area contributed by atoms with Crippen molar-refractivity contribution in [2.75, 3.05) is 32.6 Å². The molecule has 1 fully saturated rings. The number of hydroxylamine groups is 3. The van der Waals surface area contributed by atoms with Gasteiger partial charge in [0.1, 0.15) is 19.7 Å². The number of alkyl halides is 1. The highest BCUT2D eigenvalue weighted by molar-refractivity contribution is 6.17. The molecule has 1 rings (SSSR count). The van der Waals surface area contributed by atoms with Crippen LogP contribution in [0.15, 0.2) is 0 Å². The van der Waals surface area contributed by atoms with Gasteiger partial charge in [-0.05, 0) is 0 Å². The second-order valence-corrected chi connectivity index (χ2v) is 3.00. The highest BCUT2D eigenvalue weighted by Gasteiger charge is 2.27. The van der Waals surface area contributed by atoms with Crippen molar-refractivity contribution >= 4 is 11.6 Å². The predicted molar refractivity (Wildman–Crippen MR) is 37.2 cm³/mol. The van der Waals surface area contributed by atoms with E-state index in [0.717, 1.165) is 19.7 Å². The second kappa shape index (κ2) is 2.86. The molecule has 0 amide bonds. The van der Waals surface area contributed by atoms with Gasteiger partial charge in [0.15, 0.2) is 0 Å². The highest BCUT2D eigenvalue weighted by Crippen LogP contribution is 2.13. The summed E-state index contributed by atoms with van der Waals surface area (Å²) < 4.78 is 0.712. The molecular weight excluding hydrogens is 138 g/mol. The Bertz CT molecular complexity index is 91.1. The zero-order valence-electron chi connectivity index (χ0n) is 5.77. The third-order valence-corrected chi connectivity index (χ3v) is 1.90.